The highest BCUT2D eigenvalue weighted by Crippen LogP contribution is 2.30. The van der Waals surface area contributed by atoms with Gasteiger partial charge in [0.2, 0.25) is 0 Å². The zero-order valence-electron chi connectivity index (χ0n) is 16.0. The molecule has 0 unspecified atom stereocenters. The van der Waals surface area contributed by atoms with Crippen molar-refractivity contribution < 1.29 is 14.6 Å². The quantitative estimate of drug-likeness (QED) is 0.882. The molecule has 2 aliphatic heterocycles. The van der Waals surface area contributed by atoms with Crippen LogP contribution in [0.15, 0.2) is 48.7 Å². The average Bonchev–Trinajstić information content (AvgIpc) is 2.79. The van der Waals surface area contributed by atoms with Crippen LogP contribution in [0.25, 0.3) is 0 Å². The van der Waals surface area contributed by atoms with Gasteiger partial charge in [-0.05, 0) is 49.1 Å². The third-order valence-corrected chi connectivity index (χ3v) is 5.73. The number of pyridine rings is 1. The van der Waals surface area contributed by atoms with Crippen molar-refractivity contribution in [3.8, 4) is 0 Å². The minimum absolute atomic E-state index is 0.0703. The number of carbonyl (C=O) groups is 1. The summed E-state index contributed by atoms with van der Waals surface area (Å²) in [5.41, 5.74) is 2.52. The van der Waals surface area contributed by atoms with Crippen LogP contribution in [0.4, 0.5) is 5.69 Å². The summed E-state index contributed by atoms with van der Waals surface area (Å²) < 4.78 is 5.41. The van der Waals surface area contributed by atoms with Gasteiger partial charge in [-0.15, -0.1) is 0 Å². The van der Waals surface area contributed by atoms with Crippen LogP contribution in [-0.2, 0) is 4.74 Å². The number of nitrogens with zero attached hydrogens (tertiary/aromatic N) is 3. The van der Waals surface area contributed by atoms with E-state index in [4.69, 9.17) is 4.74 Å². The molecule has 28 heavy (non-hydrogen) atoms. The minimum Gasteiger partial charge on any atom is -0.387 e. The van der Waals surface area contributed by atoms with Crippen LogP contribution in [0.2, 0.25) is 0 Å². The Labute approximate surface area is 165 Å². The van der Waals surface area contributed by atoms with E-state index in [1.165, 1.54) is 0 Å². The Balaban J connectivity index is 1.37. The SMILES string of the molecule is O=C(c1cccc(N2CCOCC2)c1)N1CCC([C@H](O)c2ccccn2)CC1. The number of benzene rings is 1. The van der Waals surface area contributed by atoms with Crippen molar-refractivity contribution >= 4 is 11.6 Å². The molecule has 2 aliphatic rings. The molecule has 2 saturated heterocycles. The summed E-state index contributed by atoms with van der Waals surface area (Å²) in [6, 6.07) is 13.5. The van der Waals surface area contributed by atoms with Crippen LogP contribution in [0.3, 0.4) is 0 Å². The fourth-order valence-electron chi connectivity index (χ4n) is 4.05. The number of aliphatic hydroxyl groups is 1. The summed E-state index contributed by atoms with van der Waals surface area (Å²) in [5.74, 6) is 0.208. The van der Waals surface area contributed by atoms with Gasteiger partial charge in [0.1, 0.15) is 0 Å². The van der Waals surface area contributed by atoms with Crippen LogP contribution in [0.1, 0.15) is 35.0 Å². The summed E-state index contributed by atoms with van der Waals surface area (Å²) in [6.07, 6.45) is 2.71. The largest absolute Gasteiger partial charge is 0.387 e. The van der Waals surface area contributed by atoms with E-state index in [-0.39, 0.29) is 11.8 Å². The van der Waals surface area contributed by atoms with Gasteiger partial charge in [-0.2, -0.15) is 0 Å². The Morgan fingerprint density at radius 2 is 1.86 bits per heavy atom. The Bertz CT molecular complexity index is 785. The summed E-state index contributed by atoms with van der Waals surface area (Å²) in [7, 11) is 0. The lowest BCUT2D eigenvalue weighted by molar-refractivity contribution is 0.0447. The van der Waals surface area contributed by atoms with Gasteiger partial charge in [0.05, 0.1) is 25.0 Å². The van der Waals surface area contributed by atoms with Gasteiger partial charge < -0.3 is 19.6 Å². The molecule has 0 bridgehead atoms. The number of ether oxygens (including phenoxy) is 1. The number of likely N-dealkylation sites (tertiary alicyclic amines) is 1. The molecule has 0 spiro atoms. The molecule has 4 rings (SSSR count). The topological polar surface area (TPSA) is 65.9 Å². The second-order valence-corrected chi connectivity index (χ2v) is 7.48. The van der Waals surface area contributed by atoms with Gasteiger partial charge in [-0.1, -0.05) is 12.1 Å². The van der Waals surface area contributed by atoms with E-state index in [1.807, 2.05) is 41.3 Å². The molecule has 6 heteroatoms. The molecule has 3 heterocycles. The molecule has 1 amide bonds. The zero-order valence-corrected chi connectivity index (χ0v) is 16.0. The Morgan fingerprint density at radius 3 is 2.57 bits per heavy atom. The standard InChI is InChI=1S/C22H27N3O3/c26-21(20-6-1-2-9-23-20)17-7-10-25(11-8-17)22(27)18-4-3-5-19(16-18)24-12-14-28-15-13-24/h1-6,9,16-17,21,26H,7-8,10-15H2/t21-/m0/s1. The maximum absolute atomic E-state index is 13.0. The first-order valence-electron chi connectivity index (χ1n) is 10.0. The molecule has 1 N–H and O–H groups in total. The van der Waals surface area contributed by atoms with E-state index in [2.05, 4.69) is 16.0 Å². The highest BCUT2D eigenvalue weighted by Gasteiger charge is 2.29. The smallest absolute Gasteiger partial charge is 0.253 e. The van der Waals surface area contributed by atoms with Crippen molar-refractivity contribution in [1.29, 1.82) is 0 Å². The number of rotatable bonds is 4. The minimum atomic E-state index is -0.567. The van der Waals surface area contributed by atoms with Crippen LogP contribution < -0.4 is 4.90 Å². The lowest BCUT2D eigenvalue weighted by Gasteiger charge is -2.34. The first kappa shape index (κ1) is 18.9. The highest BCUT2D eigenvalue weighted by molar-refractivity contribution is 5.95. The molecular weight excluding hydrogens is 354 g/mol. The van der Waals surface area contributed by atoms with E-state index in [9.17, 15) is 9.90 Å². The molecule has 2 fully saturated rings. The molecule has 0 aliphatic carbocycles. The van der Waals surface area contributed by atoms with E-state index >= 15 is 0 Å². The molecule has 1 aromatic heterocycles. The number of hydrogen-bond donors (Lipinski definition) is 1. The second-order valence-electron chi connectivity index (χ2n) is 7.48. The summed E-state index contributed by atoms with van der Waals surface area (Å²) in [5, 5.41) is 10.6. The van der Waals surface area contributed by atoms with Gasteiger partial charge in [-0.3, -0.25) is 9.78 Å². The number of carbonyl (C=O) groups excluding carboxylic acids is 1. The zero-order chi connectivity index (χ0) is 19.3. The molecule has 0 radical (unpaired) electrons. The number of aliphatic hydroxyl groups excluding tert-OH is 1. The first-order chi connectivity index (χ1) is 13.7. The van der Waals surface area contributed by atoms with Crippen molar-refractivity contribution in [2.45, 2.75) is 18.9 Å². The average molecular weight is 381 g/mol. The monoisotopic (exact) mass is 381 g/mol. The molecule has 1 aromatic carbocycles. The maximum atomic E-state index is 13.0. The summed E-state index contributed by atoms with van der Waals surface area (Å²) in [4.78, 5) is 21.4. The number of anilines is 1. The van der Waals surface area contributed by atoms with E-state index in [0.717, 1.165) is 50.4 Å². The lowest BCUT2D eigenvalue weighted by atomic mass is 9.89. The van der Waals surface area contributed by atoms with Crippen LogP contribution in [0, 0.1) is 5.92 Å². The maximum Gasteiger partial charge on any atom is 0.253 e. The third-order valence-electron chi connectivity index (χ3n) is 5.73. The van der Waals surface area contributed by atoms with Gasteiger partial charge >= 0.3 is 0 Å². The third kappa shape index (κ3) is 4.18. The van der Waals surface area contributed by atoms with Crippen molar-refractivity contribution in [3.05, 3.63) is 59.9 Å². The van der Waals surface area contributed by atoms with Gasteiger partial charge in [0.15, 0.2) is 0 Å². The van der Waals surface area contributed by atoms with E-state index in [0.29, 0.717) is 18.8 Å². The molecule has 1 atom stereocenters. The fourth-order valence-corrected chi connectivity index (χ4v) is 4.05. The van der Waals surface area contributed by atoms with Gasteiger partial charge in [-0.25, -0.2) is 0 Å². The Morgan fingerprint density at radius 1 is 1.07 bits per heavy atom. The van der Waals surface area contributed by atoms with Crippen molar-refractivity contribution in [1.82, 2.24) is 9.88 Å². The summed E-state index contributed by atoms with van der Waals surface area (Å²) >= 11 is 0. The van der Waals surface area contributed by atoms with Gasteiger partial charge in [0.25, 0.3) is 5.91 Å². The van der Waals surface area contributed by atoms with Crippen molar-refractivity contribution in [3.63, 3.8) is 0 Å². The number of piperidine rings is 1. The highest BCUT2D eigenvalue weighted by atomic mass is 16.5. The Kier molecular flexibility index (Phi) is 5.88. The molecule has 0 saturated carbocycles. The first-order valence-corrected chi connectivity index (χ1v) is 10.0. The van der Waals surface area contributed by atoms with E-state index in [1.54, 1.807) is 6.20 Å². The van der Waals surface area contributed by atoms with Crippen LogP contribution in [-0.4, -0.2) is 60.3 Å². The van der Waals surface area contributed by atoms with Gasteiger partial charge in [0, 0.05) is 43.6 Å². The number of morpholine rings is 1. The number of aromatic nitrogens is 1. The molecule has 6 nitrogen and oxygen atoms in total. The predicted molar refractivity (Wildman–Crippen MR) is 107 cm³/mol. The Hall–Kier alpha value is -2.44. The number of hydrogen-bond acceptors (Lipinski definition) is 5. The molecular formula is C22H27N3O3. The molecule has 2 aromatic rings. The summed E-state index contributed by atoms with van der Waals surface area (Å²) in [6.45, 7) is 4.49. The normalized spacial score (nSPS) is 19.5. The predicted octanol–water partition coefficient (Wildman–Crippen LogP) is 2.50. The van der Waals surface area contributed by atoms with Crippen molar-refractivity contribution in [2.24, 2.45) is 5.92 Å². The van der Waals surface area contributed by atoms with Crippen LogP contribution in [0.5, 0.6) is 0 Å². The second kappa shape index (κ2) is 8.71. The molecule has 148 valence electrons. The number of amides is 1. The van der Waals surface area contributed by atoms with Crippen LogP contribution >= 0.6 is 0 Å². The van der Waals surface area contributed by atoms with Crippen molar-refractivity contribution in [2.75, 3.05) is 44.3 Å². The fraction of sp³-hybridized carbons (Fsp3) is 0.455. The van der Waals surface area contributed by atoms with E-state index < -0.39 is 6.10 Å². The lowest BCUT2D eigenvalue weighted by Crippen LogP contribution is -2.40.